The van der Waals surface area contributed by atoms with Crippen molar-refractivity contribution in [2.45, 2.75) is 25.7 Å². The molecule has 1 aromatic carbocycles. The highest BCUT2D eigenvalue weighted by Crippen LogP contribution is 2.31. The molecule has 6 heteroatoms. The Morgan fingerprint density at radius 2 is 2.04 bits per heavy atom. The number of amides is 1. The summed E-state index contributed by atoms with van der Waals surface area (Å²) < 4.78 is 5.32. The Bertz CT molecular complexity index is 874. The standard InChI is InChI=1S/C19H18N4O2/c1-2-13-6-8-15(9-7-13)23-12-14(11-17(23)24)18-21-19(25-22-18)16-5-3-4-10-20-16/h3-10,14H,2,11-12H2,1H3/t14-/m1/s1. The molecule has 0 aliphatic carbocycles. The number of hydrogen-bond acceptors (Lipinski definition) is 5. The van der Waals surface area contributed by atoms with Crippen LogP contribution >= 0.6 is 0 Å². The molecular formula is C19H18N4O2. The molecule has 6 nitrogen and oxygen atoms in total. The zero-order valence-electron chi connectivity index (χ0n) is 13.9. The van der Waals surface area contributed by atoms with E-state index in [-0.39, 0.29) is 11.8 Å². The molecule has 1 aliphatic rings. The average Bonchev–Trinajstić information content (AvgIpc) is 3.29. The molecular weight excluding hydrogens is 316 g/mol. The first kappa shape index (κ1) is 15.5. The van der Waals surface area contributed by atoms with Gasteiger partial charge in [0.1, 0.15) is 5.69 Å². The Kier molecular flexibility index (Phi) is 4.01. The highest BCUT2D eigenvalue weighted by Gasteiger charge is 2.34. The molecule has 3 aromatic rings. The van der Waals surface area contributed by atoms with Gasteiger partial charge < -0.3 is 9.42 Å². The van der Waals surface area contributed by atoms with E-state index < -0.39 is 0 Å². The minimum Gasteiger partial charge on any atom is -0.332 e. The number of hydrogen-bond donors (Lipinski definition) is 0. The molecule has 4 rings (SSSR count). The molecule has 3 heterocycles. The third-order valence-corrected chi connectivity index (χ3v) is 4.47. The maximum Gasteiger partial charge on any atom is 0.276 e. The van der Waals surface area contributed by atoms with E-state index in [0.29, 0.717) is 30.4 Å². The van der Waals surface area contributed by atoms with E-state index in [2.05, 4.69) is 34.2 Å². The van der Waals surface area contributed by atoms with Gasteiger partial charge in [-0.25, -0.2) is 0 Å². The first-order chi connectivity index (χ1) is 12.2. The number of benzene rings is 1. The summed E-state index contributed by atoms with van der Waals surface area (Å²) in [6.07, 6.45) is 3.05. The molecule has 0 spiro atoms. The van der Waals surface area contributed by atoms with E-state index in [1.165, 1.54) is 5.56 Å². The van der Waals surface area contributed by atoms with Gasteiger partial charge in [0.2, 0.25) is 5.91 Å². The third kappa shape index (κ3) is 3.03. The van der Waals surface area contributed by atoms with Gasteiger partial charge in [-0.3, -0.25) is 9.78 Å². The highest BCUT2D eigenvalue weighted by molar-refractivity contribution is 5.96. The van der Waals surface area contributed by atoms with Gasteiger partial charge in [0.05, 0.1) is 0 Å². The van der Waals surface area contributed by atoms with Gasteiger partial charge in [-0.1, -0.05) is 30.3 Å². The first-order valence-corrected chi connectivity index (χ1v) is 8.39. The van der Waals surface area contributed by atoms with Crippen molar-refractivity contribution >= 4 is 11.6 Å². The number of pyridine rings is 1. The van der Waals surface area contributed by atoms with Crippen molar-refractivity contribution in [3.8, 4) is 11.6 Å². The van der Waals surface area contributed by atoms with Crippen LogP contribution in [0.3, 0.4) is 0 Å². The second kappa shape index (κ2) is 6.47. The number of aromatic nitrogens is 3. The van der Waals surface area contributed by atoms with Gasteiger partial charge in [0, 0.05) is 30.8 Å². The van der Waals surface area contributed by atoms with Crippen molar-refractivity contribution < 1.29 is 9.32 Å². The second-order valence-corrected chi connectivity index (χ2v) is 6.10. The van der Waals surface area contributed by atoms with Gasteiger partial charge in [-0.2, -0.15) is 4.98 Å². The van der Waals surface area contributed by atoms with E-state index in [1.807, 2.05) is 30.3 Å². The SMILES string of the molecule is CCc1ccc(N2C[C@H](c3noc(-c4ccccn4)n3)CC2=O)cc1. The number of rotatable bonds is 4. The van der Waals surface area contributed by atoms with Crippen LogP contribution < -0.4 is 4.90 Å². The fraction of sp³-hybridized carbons (Fsp3) is 0.263. The minimum absolute atomic E-state index is 0.0698. The molecule has 0 N–H and O–H groups in total. The second-order valence-electron chi connectivity index (χ2n) is 6.10. The zero-order chi connectivity index (χ0) is 17.2. The van der Waals surface area contributed by atoms with Crippen LogP contribution in [0.4, 0.5) is 5.69 Å². The Balaban J connectivity index is 1.53. The van der Waals surface area contributed by atoms with E-state index in [0.717, 1.165) is 12.1 Å². The fourth-order valence-electron chi connectivity index (χ4n) is 3.04. The van der Waals surface area contributed by atoms with E-state index in [9.17, 15) is 4.79 Å². The monoisotopic (exact) mass is 334 g/mol. The minimum atomic E-state index is -0.0698. The van der Waals surface area contributed by atoms with Crippen molar-refractivity contribution in [3.05, 3.63) is 60.0 Å². The zero-order valence-corrected chi connectivity index (χ0v) is 13.9. The maximum absolute atomic E-state index is 12.4. The molecule has 1 atom stereocenters. The van der Waals surface area contributed by atoms with Gasteiger partial charge in [-0.15, -0.1) is 0 Å². The van der Waals surface area contributed by atoms with Crippen LogP contribution in [0.1, 0.15) is 30.7 Å². The normalized spacial score (nSPS) is 17.2. The van der Waals surface area contributed by atoms with Crippen molar-refractivity contribution in [3.63, 3.8) is 0 Å². The lowest BCUT2D eigenvalue weighted by Crippen LogP contribution is -2.24. The van der Waals surface area contributed by atoms with Crippen molar-refractivity contribution in [1.29, 1.82) is 0 Å². The molecule has 0 radical (unpaired) electrons. The fourth-order valence-corrected chi connectivity index (χ4v) is 3.04. The van der Waals surface area contributed by atoms with Crippen molar-refractivity contribution in [2.75, 3.05) is 11.4 Å². The maximum atomic E-state index is 12.4. The summed E-state index contributed by atoms with van der Waals surface area (Å²) in [4.78, 5) is 22.9. The summed E-state index contributed by atoms with van der Waals surface area (Å²) >= 11 is 0. The molecule has 126 valence electrons. The molecule has 0 saturated carbocycles. The van der Waals surface area contributed by atoms with Gasteiger partial charge in [0.15, 0.2) is 5.82 Å². The molecule has 1 aliphatic heterocycles. The molecule has 1 amide bonds. The lowest BCUT2D eigenvalue weighted by Gasteiger charge is -2.16. The molecule has 0 unspecified atom stereocenters. The van der Waals surface area contributed by atoms with E-state index >= 15 is 0 Å². The first-order valence-electron chi connectivity index (χ1n) is 8.39. The Labute approximate surface area is 145 Å². The molecule has 1 saturated heterocycles. The lowest BCUT2D eigenvalue weighted by molar-refractivity contribution is -0.117. The van der Waals surface area contributed by atoms with Crippen molar-refractivity contribution in [2.24, 2.45) is 0 Å². The quantitative estimate of drug-likeness (QED) is 0.732. The van der Waals surface area contributed by atoms with Gasteiger partial charge >= 0.3 is 0 Å². The predicted octanol–water partition coefficient (Wildman–Crippen LogP) is 3.21. The predicted molar refractivity (Wildman–Crippen MR) is 93.1 cm³/mol. The Hall–Kier alpha value is -3.02. The van der Waals surface area contributed by atoms with Crippen LogP contribution in [0.2, 0.25) is 0 Å². The topological polar surface area (TPSA) is 72.1 Å². The van der Waals surface area contributed by atoms with Crippen LogP contribution in [0.25, 0.3) is 11.6 Å². The number of carbonyl (C=O) groups is 1. The smallest absolute Gasteiger partial charge is 0.276 e. The van der Waals surface area contributed by atoms with Crippen molar-refractivity contribution in [1.82, 2.24) is 15.1 Å². The summed E-state index contributed by atoms with van der Waals surface area (Å²) in [5.74, 6) is 0.952. The number of anilines is 1. The third-order valence-electron chi connectivity index (χ3n) is 4.47. The molecule has 1 fully saturated rings. The van der Waals surface area contributed by atoms with Crippen LogP contribution in [0.15, 0.2) is 53.2 Å². The molecule has 2 aromatic heterocycles. The largest absolute Gasteiger partial charge is 0.332 e. The Morgan fingerprint density at radius 3 is 2.76 bits per heavy atom. The average molecular weight is 334 g/mol. The lowest BCUT2D eigenvalue weighted by atomic mass is 10.1. The summed E-state index contributed by atoms with van der Waals surface area (Å²) in [6, 6.07) is 13.6. The number of carbonyl (C=O) groups excluding carboxylic acids is 1. The summed E-state index contributed by atoms with van der Waals surface area (Å²) in [5, 5.41) is 4.06. The van der Waals surface area contributed by atoms with Crippen LogP contribution in [0.5, 0.6) is 0 Å². The van der Waals surface area contributed by atoms with Gasteiger partial charge in [-0.05, 0) is 36.2 Å². The number of nitrogens with zero attached hydrogens (tertiary/aromatic N) is 4. The van der Waals surface area contributed by atoms with Crippen LogP contribution in [-0.2, 0) is 11.2 Å². The molecule has 0 bridgehead atoms. The number of aryl methyl sites for hydroxylation is 1. The van der Waals surface area contributed by atoms with Crippen LogP contribution in [0, 0.1) is 0 Å². The van der Waals surface area contributed by atoms with E-state index in [4.69, 9.17) is 4.52 Å². The summed E-state index contributed by atoms with van der Waals surface area (Å²) in [6.45, 7) is 2.67. The van der Waals surface area contributed by atoms with Crippen LogP contribution in [-0.4, -0.2) is 27.6 Å². The summed E-state index contributed by atoms with van der Waals surface area (Å²) in [5.41, 5.74) is 2.81. The summed E-state index contributed by atoms with van der Waals surface area (Å²) in [7, 11) is 0. The van der Waals surface area contributed by atoms with E-state index in [1.54, 1.807) is 11.1 Å². The highest BCUT2D eigenvalue weighted by atomic mass is 16.5. The molecule has 25 heavy (non-hydrogen) atoms. The Morgan fingerprint density at radius 1 is 1.20 bits per heavy atom. The van der Waals surface area contributed by atoms with Gasteiger partial charge in [0.25, 0.3) is 5.89 Å².